The van der Waals surface area contributed by atoms with Crippen molar-refractivity contribution in [3.8, 4) is 11.5 Å². The Hall–Kier alpha value is -3.26. The average Bonchev–Trinajstić information content (AvgIpc) is 3.15. The van der Waals surface area contributed by atoms with Crippen LogP contribution in [0.1, 0.15) is 5.56 Å². The molecule has 1 aliphatic rings. The van der Waals surface area contributed by atoms with E-state index in [9.17, 15) is 4.79 Å². The molecule has 1 amide bonds. The highest BCUT2D eigenvalue weighted by molar-refractivity contribution is 7.99. The highest BCUT2D eigenvalue weighted by atomic mass is 32.2. The highest BCUT2D eigenvalue weighted by Crippen LogP contribution is 2.32. The summed E-state index contributed by atoms with van der Waals surface area (Å²) in [4.78, 5) is 12.5. The van der Waals surface area contributed by atoms with Crippen LogP contribution in [0.4, 0.5) is 5.69 Å². The zero-order valence-electron chi connectivity index (χ0n) is 15.7. The number of aryl methyl sites for hydroxylation is 1. The topological polar surface area (TPSA) is 77.8 Å². The minimum atomic E-state index is -0.125. The minimum absolute atomic E-state index is 0.125. The van der Waals surface area contributed by atoms with Crippen LogP contribution < -0.4 is 14.8 Å². The first-order valence-electron chi connectivity index (χ1n) is 9.25. The van der Waals surface area contributed by atoms with Crippen molar-refractivity contribution < 1.29 is 14.3 Å². The molecule has 0 saturated heterocycles. The van der Waals surface area contributed by atoms with E-state index in [-0.39, 0.29) is 11.7 Å². The van der Waals surface area contributed by atoms with Crippen LogP contribution in [0.25, 0.3) is 16.6 Å². The number of amides is 1. The Labute approximate surface area is 171 Å². The van der Waals surface area contributed by atoms with Crippen molar-refractivity contribution in [2.24, 2.45) is 0 Å². The zero-order valence-corrected chi connectivity index (χ0v) is 16.5. The molecule has 5 rings (SSSR count). The van der Waals surface area contributed by atoms with E-state index in [0.29, 0.717) is 35.6 Å². The average molecular weight is 406 g/mol. The van der Waals surface area contributed by atoms with Crippen LogP contribution in [0.15, 0.2) is 53.7 Å². The number of rotatable bonds is 4. The third-order valence-electron chi connectivity index (χ3n) is 4.73. The van der Waals surface area contributed by atoms with Gasteiger partial charge in [0.1, 0.15) is 13.2 Å². The molecule has 7 nitrogen and oxygen atoms in total. The Balaban J connectivity index is 1.34. The van der Waals surface area contributed by atoms with E-state index < -0.39 is 0 Å². The van der Waals surface area contributed by atoms with E-state index in [2.05, 4.69) is 28.5 Å². The van der Waals surface area contributed by atoms with Gasteiger partial charge in [0.15, 0.2) is 22.3 Å². The second kappa shape index (κ2) is 7.29. The smallest absolute Gasteiger partial charge is 0.234 e. The van der Waals surface area contributed by atoms with Crippen LogP contribution >= 0.6 is 11.8 Å². The Morgan fingerprint density at radius 3 is 2.83 bits per heavy atom. The number of ether oxygens (including phenoxy) is 2. The van der Waals surface area contributed by atoms with Crippen LogP contribution in [0.3, 0.4) is 0 Å². The van der Waals surface area contributed by atoms with E-state index in [1.54, 1.807) is 18.2 Å². The molecule has 1 aliphatic heterocycles. The number of nitrogens with one attached hydrogen (secondary N) is 1. The largest absolute Gasteiger partial charge is 0.486 e. The van der Waals surface area contributed by atoms with Crippen LogP contribution in [0, 0.1) is 6.92 Å². The quantitative estimate of drug-likeness (QED) is 0.521. The molecule has 0 bridgehead atoms. The van der Waals surface area contributed by atoms with Crippen molar-refractivity contribution in [2.75, 3.05) is 24.3 Å². The molecular formula is C21H18N4O3S. The molecule has 0 fully saturated rings. The standard InChI is InChI=1S/C21H18N4O3S/c1-13-10-19-23-24-21(25(19)16-5-3-2-4-15(13)16)29-12-20(26)22-14-6-7-17-18(11-14)28-9-8-27-17/h2-7,10-11H,8-9,12H2,1H3,(H,22,26). The number of hydrogen-bond donors (Lipinski definition) is 1. The number of fused-ring (bicyclic) bond motifs is 4. The summed E-state index contributed by atoms with van der Waals surface area (Å²) in [5.74, 6) is 1.44. The number of anilines is 1. The van der Waals surface area contributed by atoms with E-state index in [1.165, 1.54) is 11.8 Å². The predicted molar refractivity (Wildman–Crippen MR) is 112 cm³/mol. The number of para-hydroxylation sites is 1. The van der Waals surface area contributed by atoms with Gasteiger partial charge in [-0.15, -0.1) is 10.2 Å². The van der Waals surface area contributed by atoms with Crippen LogP contribution in [-0.4, -0.2) is 39.5 Å². The molecule has 0 radical (unpaired) electrons. The first-order valence-corrected chi connectivity index (χ1v) is 10.2. The van der Waals surface area contributed by atoms with Gasteiger partial charge in [-0.05, 0) is 36.8 Å². The van der Waals surface area contributed by atoms with Crippen LogP contribution in [0.5, 0.6) is 11.5 Å². The number of benzene rings is 2. The zero-order chi connectivity index (χ0) is 19.8. The summed E-state index contributed by atoms with van der Waals surface area (Å²) in [7, 11) is 0. The second-order valence-corrected chi connectivity index (χ2v) is 7.66. The lowest BCUT2D eigenvalue weighted by atomic mass is 10.1. The summed E-state index contributed by atoms with van der Waals surface area (Å²) in [6.45, 7) is 3.11. The molecule has 1 N–H and O–H groups in total. The molecule has 2 aromatic heterocycles. The van der Waals surface area contributed by atoms with Crippen LogP contribution in [0.2, 0.25) is 0 Å². The maximum Gasteiger partial charge on any atom is 0.234 e. The van der Waals surface area contributed by atoms with Crippen molar-refractivity contribution in [2.45, 2.75) is 12.1 Å². The summed E-state index contributed by atoms with van der Waals surface area (Å²) in [5.41, 5.74) is 3.62. The molecule has 3 heterocycles. The van der Waals surface area contributed by atoms with Crippen LogP contribution in [-0.2, 0) is 4.79 Å². The summed E-state index contributed by atoms with van der Waals surface area (Å²) < 4.78 is 13.1. The molecule has 146 valence electrons. The predicted octanol–water partition coefficient (Wildman–Crippen LogP) is 3.69. The summed E-state index contributed by atoms with van der Waals surface area (Å²) in [5, 5.41) is 13.3. The number of nitrogens with zero attached hydrogens (tertiary/aromatic N) is 3. The first-order chi connectivity index (χ1) is 14.2. The highest BCUT2D eigenvalue weighted by Gasteiger charge is 2.15. The minimum Gasteiger partial charge on any atom is -0.486 e. The van der Waals surface area contributed by atoms with E-state index in [4.69, 9.17) is 9.47 Å². The van der Waals surface area contributed by atoms with Gasteiger partial charge in [-0.25, -0.2) is 0 Å². The van der Waals surface area contributed by atoms with Crippen molar-refractivity contribution in [1.29, 1.82) is 0 Å². The molecule has 0 atom stereocenters. The maximum atomic E-state index is 12.5. The van der Waals surface area contributed by atoms with Gasteiger partial charge in [0.25, 0.3) is 0 Å². The lowest BCUT2D eigenvalue weighted by Gasteiger charge is -2.18. The molecule has 0 unspecified atom stereocenters. The number of thioether (sulfide) groups is 1. The fourth-order valence-electron chi connectivity index (χ4n) is 3.42. The number of carbonyl (C=O) groups is 1. The van der Waals surface area contributed by atoms with E-state index in [1.807, 2.05) is 28.7 Å². The second-order valence-electron chi connectivity index (χ2n) is 6.72. The Kier molecular flexibility index (Phi) is 4.48. The van der Waals surface area contributed by atoms with Gasteiger partial charge in [-0.1, -0.05) is 30.0 Å². The van der Waals surface area contributed by atoms with Crippen molar-refractivity contribution >= 4 is 39.9 Å². The van der Waals surface area contributed by atoms with Gasteiger partial charge >= 0.3 is 0 Å². The summed E-state index contributed by atoms with van der Waals surface area (Å²) in [6.07, 6.45) is 0. The molecule has 0 saturated carbocycles. The maximum absolute atomic E-state index is 12.5. The number of aromatic nitrogens is 3. The van der Waals surface area contributed by atoms with E-state index in [0.717, 1.165) is 22.1 Å². The Bertz CT molecular complexity index is 1240. The van der Waals surface area contributed by atoms with Gasteiger partial charge in [0.05, 0.1) is 11.3 Å². The fourth-order valence-corrected chi connectivity index (χ4v) is 4.17. The normalized spacial score (nSPS) is 13.0. The van der Waals surface area contributed by atoms with E-state index >= 15 is 0 Å². The molecule has 29 heavy (non-hydrogen) atoms. The van der Waals surface area contributed by atoms with Gasteiger partial charge < -0.3 is 14.8 Å². The number of hydrogen-bond acceptors (Lipinski definition) is 6. The third kappa shape index (κ3) is 3.36. The Morgan fingerprint density at radius 2 is 1.93 bits per heavy atom. The molecule has 8 heteroatoms. The van der Waals surface area contributed by atoms with Gasteiger partial charge in [-0.3, -0.25) is 9.20 Å². The monoisotopic (exact) mass is 406 g/mol. The lowest BCUT2D eigenvalue weighted by molar-refractivity contribution is -0.113. The van der Waals surface area contributed by atoms with Crippen molar-refractivity contribution in [1.82, 2.24) is 14.6 Å². The third-order valence-corrected chi connectivity index (χ3v) is 5.66. The molecular weight excluding hydrogens is 388 g/mol. The number of pyridine rings is 1. The first kappa shape index (κ1) is 17.8. The Morgan fingerprint density at radius 1 is 1.10 bits per heavy atom. The molecule has 0 spiro atoms. The van der Waals surface area contributed by atoms with Gasteiger partial charge in [0, 0.05) is 17.1 Å². The summed E-state index contributed by atoms with van der Waals surface area (Å²) in [6, 6.07) is 15.5. The van der Waals surface area contributed by atoms with Crippen molar-refractivity contribution in [3.05, 3.63) is 54.1 Å². The van der Waals surface area contributed by atoms with Gasteiger partial charge in [0.2, 0.25) is 5.91 Å². The summed E-state index contributed by atoms with van der Waals surface area (Å²) >= 11 is 1.35. The molecule has 4 aromatic rings. The molecule has 0 aliphatic carbocycles. The SMILES string of the molecule is Cc1cc2nnc(SCC(=O)Nc3ccc4c(c3)OCCO4)n2c2ccccc12. The lowest BCUT2D eigenvalue weighted by Crippen LogP contribution is -2.17. The van der Waals surface area contributed by atoms with Crippen molar-refractivity contribution in [3.63, 3.8) is 0 Å². The number of carbonyl (C=O) groups excluding carboxylic acids is 1. The molecule has 2 aromatic carbocycles. The van der Waals surface area contributed by atoms with Gasteiger partial charge in [-0.2, -0.15) is 0 Å². The fraction of sp³-hybridized carbons (Fsp3) is 0.190.